The fourth-order valence-electron chi connectivity index (χ4n) is 4.08. The zero-order valence-electron chi connectivity index (χ0n) is 17.6. The van der Waals surface area contributed by atoms with Crippen LogP contribution in [0.2, 0.25) is 5.02 Å². The summed E-state index contributed by atoms with van der Waals surface area (Å²) in [5.41, 5.74) is 0.450. The molecule has 0 spiro atoms. The van der Waals surface area contributed by atoms with Crippen molar-refractivity contribution in [2.24, 2.45) is 0 Å². The van der Waals surface area contributed by atoms with Crippen LogP contribution < -0.4 is 11.2 Å². The van der Waals surface area contributed by atoms with Crippen molar-refractivity contribution in [3.8, 4) is 11.4 Å². The van der Waals surface area contributed by atoms with E-state index in [-0.39, 0.29) is 24.5 Å². The molecule has 0 aliphatic carbocycles. The van der Waals surface area contributed by atoms with Crippen molar-refractivity contribution in [2.45, 2.75) is 25.7 Å². The van der Waals surface area contributed by atoms with Crippen molar-refractivity contribution in [3.05, 3.63) is 96.7 Å². The van der Waals surface area contributed by atoms with Crippen LogP contribution in [-0.4, -0.2) is 21.4 Å². The second kappa shape index (κ2) is 8.41. The van der Waals surface area contributed by atoms with Gasteiger partial charge >= 0.3 is 11.8 Å². The Balaban J connectivity index is 1.41. The van der Waals surface area contributed by atoms with Crippen LogP contribution in [0.1, 0.15) is 22.4 Å². The van der Waals surface area contributed by atoms with Crippen LogP contribution in [0.5, 0.6) is 0 Å². The van der Waals surface area contributed by atoms with E-state index in [9.17, 15) is 22.8 Å². The van der Waals surface area contributed by atoms with E-state index in [2.05, 4.69) is 9.97 Å². The maximum Gasteiger partial charge on any atom is 0.416 e. The monoisotopic (exact) mass is 487 g/mol. The SMILES string of the molecule is O=c1[nH]c(-c2ccc(C(F)(F)F)cc2)nc2c1CN(Cc1c(Cl)c3ccccc3oc1=O)CC2. The van der Waals surface area contributed by atoms with Crippen molar-refractivity contribution < 1.29 is 17.6 Å². The fourth-order valence-corrected chi connectivity index (χ4v) is 4.37. The molecule has 0 bridgehead atoms. The van der Waals surface area contributed by atoms with E-state index in [1.807, 2.05) is 4.90 Å². The highest BCUT2D eigenvalue weighted by atomic mass is 35.5. The van der Waals surface area contributed by atoms with Crippen molar-refractivity contribution in [1.29, 1.82) is 0 Å². The van der Waals surface area contributed by atoms with Crippen LogP contribution in [0, 0.1) is 0 Å². The molecule has 34 heavy (non-hydrogen) atoms. The molecule has 10 heteroatoms. The largest absolute Gasteiger partial charge is 0.422 e. The lowest BCUT2D eigenvalue weighted by molar-refractivity contribution is -0.137. The first-order valence-corrected chi connectivity index (χ1v) is 10.8. The summed E-state index contributed by atoms with van der Waals surface area (Å²) in [6.07, 6.45) is -4.01. The minimum Gasteiger partial charge on any atom is -0.422 e. The van der Waals surface area contributed by atoms with E-state index in [4.69, 9.17) is 16.0 Å². The molecule has 4 aromatic rings. The molecule has 3 heterocycles. The van der Waals surface area contributed by atoms with Gasteiger partial charge in [0.05, 0.1) is 27.4 Å². The van der Waals surface area contributed by atoms with E-state index in [0.717, 1.165) is 12.1 Å². The molecular weight excluding hydrogens is 471 g/mol. The predicted octanol–water partition coefficient (Wildman–Crippen LogP) is 4.77. The summed E-state index contributed by atoms with van der Waals surface area (Å²) >= 11 is 6.49. The Labute approximate surface area is 195 Å². The number of nitrogens with zero attached hydrogens (tertiary/aromatic N) is 2. The number of aromatic amines is 1. The van der Waals surface area contributed by atoms with Crippen LogP contribution in [0.15, 0.2) is 62.5 Å². The van der Waals surface area contributed by atoms with E-state index in [0.29, 0.717) is 51.3 Å². The summed E-state index contributed by atoms with van der Waals surface area (Å²) in [6, 6.07) is 11.5. The Morgan fingerprint density at radius 1 is 1.09 bits per heavy atom. The van der Waals surface area contributed by atoms with E-state index in [1.54, 1.807) is 24.3 Å². The number of hydrogen-bond acceptors (Lipinski definition) is 5. The molecule has 2 aromatic carbocycles. The topological polar surface area (TPSA) is 79.2 Å². The zero-order valence-corrected chi connectivity index (χ0v) is 18.3. The third-order valence-electron chi connectivity index (χ3n) is 5.85. The standard InChI is InChI=1S/C24H17ClF3N3O3/c25-20-15-3-1-2-4-19(15)34-23(33)17(20)12-31-10-9-18-16(11-31)22(32)30-21(29-18)13-5-7-14(8-6-13)24(26,27)28/h1-8H,9-12H2,(H,29,30,32). The molecule has 0 radical (unpaired) electrons. The quantitative estimate of drug-likeness (QED) is 0.421. The molecular formula is C24H17ClF3N3O3. The number of halogens is 4. The summed E-state index contributed by atoms with van der Waals surface area (Å²) in [5.74, 6) is 0.212. The van der Waals surface area contributed by atoms with Crippen LogP contribution in [0.4, 0.5) is 13.2 Å². The third-order valence-corrected chi connectivity index (χ3v) is 6.28. The Hall–Kier alpha value is -3.43. The number of fused-ring (bicyclic) bond motifs is 2. The summed E-state index contributed by atoms with van der Waals surface area (Å²) in [6.45, 7) is 0.956. The molecule has 2 aromatic heterocycles. The van der Waals surface area contributed by atoms with Gasteiger partial charge in [-0.15, -0.1) is 0 Å². The molecule has 1 aliphatic rings. The third kappa shape index (κ3) is 4.12. The number of H-pyrrole nitrogens is 1. The number of rotatable bonds is 3. The number of nitrogens with one attached hydrogen (secondary N) is 1. The van der Waals surface area contributed by atoms with Gasteiger partial charge in [0.25, 0.3) is 5.56 Å². The number of para-hydroxylation sites is 1. The van der Waals surface area contributed by atoms with Gasteiger partial charge in [-0.25, -0.2) is 9.78 Å². The van der Waals surface area contributed by atoms with Crippen LogP contribution in [0.3, 0.4) is 0 Å². The van der Waals surface area contributed by atoms with Gasteiger partial charge in [0, 0.05) is 37.0 Å². The van der Waals surface area contributed by atoms with Gasteiger partial charge in [-0.1, -0.05) is 35.9 Å². The molecule has 0 fully saturated rings. The second-order valence-electron chi connectivity index (χ2n) is 8.05. The molecule has 0 atom stereocenters. The molecule has 0 saturated carbocycles. The number of hydrogen-bond donors (Lipinski definition) is 1. The average Bonchev–Trinajstić information content (AvgIpc) is 2.81. The highest BCUT2D eigenvalue weighted by Gasteiger charge is 2.30. The maximum absolute atomic E-state index is 12.8. The van der Waals surface area contributed by atoms with Gasteiger partial charge in [-0.3, -0.25) is 9.69 Å². The van der Waals surface area contributed by atoms with Gasteiger partial charge in [0.1, 0.15) is 11.4 Å². The highest BCUT2D eigenvalue weighted by molar-refractivity contribution is 6.35. The minimum absolute atomic E-state index is 0.200. The van der Waals surface area contributed by atoms with Crippen molar-refractivity contribution in [1.82, 2.24) is 14.9 Å². The average molecular weight is 488 g/mol. The molecule has 5 rings (SSSR count). The lowest BCUT2D eigenvalue weighted by atomic mass is 10.0. The lowest BCUT2D eigenvalue weighted by Gasteiger charge is -2.27. The predicted molar refractivity (Wildman–Crippen MR) is 121 cm³/mol. The van der Waals surface area contributed by atoms with Crippen LogP contribution >= 0.6 is 11.6 Å². The van der Waals surface area contributed by atoms with Crippen molar-refractivity contribution in [2.75, 3.05) is 6.54 Å². The maximum atomic E-state index is 12.8. The molecule has 1 N–H and O–H groups in total. The van der Waals surface area contributed by atoms with E-state index < -0.39 is 17.4 Å². The molecule has 1 aliphatic heterocycles. The van der Waals surface area contributed by atoms with Gasteiger partial charge < -0.3 is 9.40 Å². The summed E-state index contributed by atoms with van der Waals surface area (Å²) in [4.78, 5) is 34.3. The number of aromatic nitrogens is 2. The molecule has 0 amide bonds. The first-order chi connectivity index (χ1) is 16.2. The lowest BCUT2D eigenvalue weighted by Crippen LogP contribution is -2.36. The van der Waals surface area contributed by atoms with E-state index in [1.165, 1.54) is 12.1 Å². The first kappa shape index (κ1) is 22.4. The van der Waals surface area contributed by atoms with Crippen LogP contribution in [-0.2, 0) is 25.7 Å². The molecule has 174 valence electrons. The van der Waals surface area contributed by atoms with Gasteiger partial charge in [-0.2, -0.15) is 13.2 Å². The molecule has 6 nitrogen and oxygen atoms in total. The van der Waals surface area contributed by atoms with Gasteiger partial charge in [0.2, 0.25) is 0 Å². The molecule has 0 saturated heterocycles. The summed E-state index contributed by atoms with van der Waals surface area (Å²) in [5, 5.41) is 0.958. The van der Waals surface area contributed by atoms with E-state index >= 15 is 0 Å². The molecule has 0 unspecified atom stereocenters. The van der Waals surface area contributed by atoms with Gasteiger partial charge in [0.15, 0.2) is 0 Å². The second-order valence-corrected chi connectivity index (χ2v) is 8.43. The normalized spacial score (nSPS) is 14.4. The Morgan fingerprint density at radius 2 is 1.82 bits per heavy atom. The minimum atomic E-state index is -4.44. The first-order valence-electron chi connectivity index (χ1n) is 10.4. The van der Waals surface area contributed by atoms with Crippen LogP contribution in [0.25, 0.3) is 22.4 Å². The zero-order chi connectivity index (χ0) is 24.0. The summed E-state index contributed by atoms with van der Waals surface area (Å²) < 4.78 is 43.8. The Morgan fingerprint density at radius 3 is 2.56 bits per heavy atom. The van der Waals surface area contributed by atoms with Gasteiger partial charge in [-0.05, 0) is 24.3 Å². The Kier molecular flexibility index (Phi) is 5.53. The fraction of sp³-hybridized carbons (Fsp3) is 0.208. The van der Waals surface area contributed by atoms with Crippen molar-refractivity contribution >= 4 is 22.6 Å². The summed E-state index contributed by atoms with van der Waals surface area (Å²) in [7, 11) is 0. The number of benzene rings is 2. The van der Waals surface area contributed by atoms with Crippen molar-refractivity contribution in [3.63, 3.8) is 0 Å². The number of alkyl halides is 3. The highest BCUT2D eigenvalue weighted by Crippen LogP contribution is 2.31. The Bertz CT molecular complexity index is 1510. The smallest absolute Gasteiger partial charge is 0.416 e.